The number of imide groups is 1. The SMILES string of the molecule is CCCCOC[C@@H](CN1C(=O)c2ccccc2C1=O)OC(C)=O. The van der Waals surface area contributed by atoms with Gasteiger partial charge in [-0.3, -0.25) is 19.3 Å². The first-order valence-electron chi connectivity index (χ1n) is 7.74. The highest BCUT2D eigenvalue weighted by atomic mass is 16.6. The number of esters is 1. The first-order valence-corrected chi connectivity index (χ1v) is 7.74. The molecule has 1 aliphatic rings. The maximum Gasteiger partial charge on any atom is 0.303 e. The molecule has 6 heteroatoms. The van der Waals surface area contributed by atoms with Crippen LogP contribution in [0.1, 0.15) is 47.4 Å². The molecule has 0 N–H and O–H groups in total. The molecule has 0 bridgehead atoms. The smallest absolute Gasteiger partial charge is 0.303 e. The fourth-order valence-electron chi connectivity index (χ4n) is 2.43. The van der Waals surface area contributed by atoms with Crippen molar-refractivity contribution in [1.82, 2.24) is 4.90 Å². The lowest BCUT2D eigenvalue weighted by Gasteiger charge is -2.22. The normalized spacial score (nSPS) is 14.8. The third-order valence-electron chi connectivity index (χ3n) is 3.54. The van der Waals surface area contributed by atoms with E-state index in [4.69, 9.17) is 9.47 Å². The molecule has 0 fully saturated rings. The van der Waals surface area contributed by atoms with Gasteiger partial charge in [0.05, 0.1) is 24.3 Å². The van der Waals surface area contributed by atoms with E-state index >= 15 is 0 Å². The van der Waals surface area contributed by atoms with Gasteiger partial charge in [0.1, 0.15) is 6.10 Å². The second kappa shape index (κ2) is 7.87. The van der Waals surface area contributed by atoms with Gasteiger partial charge in [-0.2, -0.15) is 0 Å². The summed E-state index contributed by atoms with van der Waals surface area (Å²) in [6.07, 6.45) is 1.24. The van der Waals surface area contributed by atoms with Crippen LogP contribution in [0.5, 0.6) is 0 Å². The second-order valence-corrected chi connectivity index (χ2v) is 5.43. The first kappa shape index (κ1) is 17.1. The molecule has 0 saturated heterocycles. The lowest BCUT2D eigenvalue weighted by atomic mass is 10.1. The van der Waals surface area contributed by atoms with Crippen LogP contribution in [0.15, 0.2) is 24.3 Å². The molecule has 0 radical (unpaired) electrons. The standard InChI is InChI=1S/C17H21NO5/c1-3-4-9-22-11-13(23-12(2)19)10-18-16(20)14-7-5-6-8-15(14)17(18)21/h5-8,13H,3-4,9-11H2,1-2H3/t13-/m1/s1. The Kier molecular flexibility index (Phi) is 5.87. The minimum Gasteiger partial charge on any atom is -0.458 e. The Morgan fingerprint density at radius 3 is 2.30 bits per heavy atom. The number of hydrogen-bond donors (Lipinski definition) is 0. The Morgan fingerprint density at radius 2 is 1.78 bits per heavy atom. The molecular weight excluding hydrogens is 298 g/mol. The fourth-order valence-corrected chi connectivity index (χ4v) is 2.43. The van der Waals surface area contributed by atoms with Gasteiger partial charge in [0.15, 0.2) is 0 Å². The molecule has 1 heterocycles. The lowest BCUT2D eigenvalue weighted by Crippen LogP contribution is -2.40. The Labute approximate surface area is 135 Å². The molecule has 6 nitrogen and oxygen atoms in total. The zero-order chi connectivity index (χ0) is 16.8. The van der Waals surface area contributed by atoms with Gasteiger partial charge in [0, 0.05) is 13.5 Å². The number of unbranched alkanes of at least 4 members (excludes halogenated alkanes) is 1. The van der Waals surface area contributed by atoms with E-state index in [-0.39, 0.29) is 25.0 Å². The summed E-state index contributed by atoms with van der Waals surface area (Å²) in [5.41, 5.74) is 0.761. The summed E-state index contributed by atoms with van der Waals surface area (Å²) in [6.45, 7) is 4.05. The third-order valence-corrected chi connectivity index (χ3v) is 3.54. The number of rotatable bonds is 8. The zero-order valence-corrected chi connectivity index (χ0v) is 13.4. The minimum absolute atomic E-state index is 0.00193. The number of amides is 2. The molecule has 1 aromatic carbocycles. The Morgan fingerprint density at radius 1 is 1.17 bits per heavy atom. The first-order chi connectivity index (χ1) is 11.0. The largest absolute Gasteiger partial charge is 0.458 e. The molecule has 2 amide bonds. The van der Waals surface area contributed by atoms with E-state index in [2.05, 4.69) is 0 Å². The van der Waals surface area contributed by atoms with Crippen molar-refractivity contribution in [1.29, 1.82) is 0 Å². The summed E-state index contributed by atoms with van der Waals surface area (Å²) in [7, 11) is 0. The van der Waals surface area contributed by atoms with Gasteiger partial charge in [-0.25, -0.2) is 0 Å². The molecule has 0 aromatic heterocycles. The summed E-state index contributed by atoms with van der Waals surface area (Å²) < 4.78 is 10.6. The number of benzene rings is 1. The van der Waals surface area contributed by atoms with E-state index in [1.165, 1.54) is 6.92 Å². The maximum absolute atomic E-state index is 12.3. The van der Waals surface area contributed by atoms with Crippen LogP contribution < -0.4 is 0 Å². The van der Waals surface area contributed by atoms with Crippen LogP contribution in [-0.4, -0.2) is 48.5 Å². The number of fused-ring (bicyclic) bond motifs is 1. The van der Waals surface area contributed by atoms with Crippen molar-refractivity contribution < 1.29 is 23.9 Å². The maximum atomic E-state index is 12.3. The van der Waals surface area contributed by atoms with E-state index in [1.54, 1.807) is 24.3 Å². The van der Waals surface area contributed by atoms with Crippen LogP contribution >= 0.6 is 0 Å². The second-order valence-electron chi connectivity index (χ2n) is 5.43. The van der Waals surface area contributed by atoms with E-state index in [0.717, 1.165) is 17.7 Å². The van der Waals surface area contributed by atoms with Crippen LogP contribution in [0.4, 0.5) is 0 Å². The average Bonchev–Trinajstić information content (AvgIpc) is 2.76. The predicted molar refractivity (Wildman–Crippen MR) is 83.1 cm³/mol. The third kappa shape index (κ3) is 4.16. The number of ether oxygens (including phenoxy) is 2. The van der Waals surface area contributed by atoms with Crippen molar-refractivity contribution in [3.8, 4) is 0 Å². The van der Waals surface area contributed by atoms with Crippen LogP contribution in [0.25, 0.3) is 0 Å². The van der Waals surface area contributed by atoms with E-state index in [0.29, 0.717) is 17.7 Å². The molecule has 0 unspecified atom stereocenters. The van der Waals surface area contributed by atoms with E-state index in [9.17, 15) is 14.4 Å². The number of carbonyl (C=O) groups excluding carboxylic acids is 3. The van der Waals surface area contributed by atoms with Crippen LogP contribution in [0, 0.1) is 0 Å². The van der Waals surface area contributed by atoms with Gasteiger partial charge in [0.2, 0.25) is 0 Å². The molecule has 1 atom stereocenters. The highest BCUT2D eigenvalue weighted by molar-refractivity contribution is 6.21. The van der Waals surface area contributed by atoms with E-state index < -0.39 is 12.1 Å². The summed E-state index contributed by atoms with van der Waals surface area (Å²) in [5, 5.41) is 0. The molecule has 2 rings (SSSR count). The van der Waals surface area contributed by atoms with Gasteiger partial charge in [-0.1, -0.05) is 25.5 Å². The van der Waals surface area contributed by atoms with Gasteiger partial charge >= 0.3 is 5.97 Å². The van der Waals surface area contributed by atoms with Crippen molar-refractivity contribution in [3.05, 3.63) is 35.4 Å². The Bertz CT molecular complexity index is 563. The predicted octanol–water partition coefficient (Wildman–Crippen LogP) is 2.03. The Balaban J connectivity index is 2.03. The molecule has 124 valence electrons. The molecule has 0 saturated carbocycles. The van der Waals surface area contributed by atoms with Crippen molar-refractivity contribution in [2.75, 3.05) is 19.8 Å². The summed E-state index contributed by atoms with van der Waals surface area (Å²) in [6, 6.07) is 6.66. The molecule has 23 heavy (non-hydrogen) atoms. The number of nitrogens with zero attached hydrogens (tertiary/aromatic N) is 1. The lowest BCUT2D eigenvalue weighted by molar-refractivity contribution is -0.150. The molecular formula is C17H21NO5. The monoisotopic (exact) mass is 319 g/mol. The highest BCUT2D eigenvalue weighted by Crippen LogP contribution is 2.22. The molecule has 0 aliphatic carbocycles. The summed E-state index contributed by atoms with van der Waals surface area (Å²) in [5.74, 6) is -1.20. The highest BCUT2D eigenvalue weighted by Gasteiger charge is 2.37. The fraction of sp³-hybridized carbons (Fsp3) is 0.471. The van der Waals surface area contributed by atoms with Crippen LogP contribution in [0.3, 0.4) is 0 Å². The molecule has 0 spiro atoms. The van der Waals surface area contributed by atoms with Gasteiger partial charge in [-0.05, 0) is 18.6 Å². The molecule has 1 aliphatic heterocycles. The molecule has 1 aromatic rings. The topological polar surface area (TPSA) is 72.9 Å². The van der Waals surface area contributed by atoms with Crippen LogP contribution in [0.2, 0.25) is 0 Å². The van der Waals surface area contributed by atoms with Gasteiger partial charge < -0.3 is 9.47 Å². The van der Waals surface area contributed by atoms with Crippen molar-refractivity contribution >= 4 is 17.8 Å². The zero-order valence-electron chi connectivity index (χ0n) is 13.4. The summed E-state index contributed by atoms with van der Waals surface area (Å²) >= 11 is 0. The van der Waals surface area contributed by atoms with Gasteiger partial charge in [-0.15, -0.1) is 0 Å². The van der Waals surface area contributed by atoms with Gasteiger partial charge in [0.25, 0.3) is 11.8 Å². The van der Waals surface area contributed by atoms with Crippen molar-refractivity contribution in [3.63, 3.8) is 0 Å². The quantitative estimate of drug-likeness (QED) is 0.416. The van der Waals surface area contributed by atoms with Crippen molar-refractivity contribution in [2.24, 2.45) is 0 Å². The average molecular weight is 319 g/mol. The number of carbonyl (C=O) groups is 3. The summed E-state index contributed by atoms with van der Waals surface area (Å²) in [4.78, 5) is 37.0. The number of hydrogen-bond acceptors (Lipinski definition) is 5. The van der Waals surface area contributed by atoms with E-state index in [1.807, 2.05) is 6.92 Å². The Hall–Kier alpha value is -2.21. The van der Waals surface area contributed by atoms with Crippen molar-refractivity contribution in [2.45, 2.75) is 32.8 Å². The minimum atomic E-state index is -0.661. The van der Waals surface area contributed by atoms with Crippen LogP contribution in [-0.2, 0) is 14.3 Å².